The summed E-state index contributed by atoms with van der Waals surface area (Å²) >= 11 is 0. The zero-order valence-electron chi connectivity index (χ0n) is 15.1. The molecule has 1 aliphatic carbocycles. The van der Waals surface area contributed by atoms with E-state index in [1.807, 2.05) is 6.07 Å². The van der Waals surface area contributed by atoms with Gasteiger partial charge in [0.05, 0.1) is 0 Å². The van der Waals surface area contributed by atoms with Crippen molar-refractivity contribution >= 4 is 11.6 Å². The maximum Gasteiger partial charge on any atom is 0.214 e. The van der Waals surface area contributed by atoms with Crippen LogP contribution in [0.25, 0.3) is 0 Å². The topological polar surface area (TPSA) is 36.4 Å². The monoisotopic (exact) mass is 347 g/mol. The molecule has 0 radical (unpaired) electrons. The van der Waals surface area contributed by atoms with Crippen LogP contribution >= 0.6 is 0 Å². The maximum atomic E-state index is 13.2. The number of anilines is 1. The predicted octanol–water partition coefficient (Wildman–Crippen LogP) is 3.66. The number of piperazine rings is 1. The van der Waals surface area contributed by atoms with Crippen molar-refractivity contribution in [3.8, 4) is 0 Å². The summed E-state index contributed by atoms with van der Waals surface area (Å²) in [6.07, 6.45) is 8.88. The molecule has 1 saturated heterocycles. The molecule has 1 aliphatic heterocycles. The second kappa shape index (κ2) is 9.27. The summed E-state index contributed by atoms with van der Waals surface area (Å²) in [7, 11) is 0. The lowest BCUT2D eigenvalue weighted by Crippen LogP contribution is -2.46. The lowest BCUT2D eigenvalue weighted by molar-refractivity contribution is -0.122. The second-order valence-corrected chi connectivity index (χ2v) is 7.41. The van der Waals surface area contributed by atoms with E-state index in [9.17, 15) is 9.18 Å². The van der Waals surface area contributed by atoms with Crippen molar-refractivity contribution in [1.82, 2.24) is 9.88 Å². The van der Waals surface area contributed by atoms with Crippen molar-refractivity contribution in [3.05, 3.63) is 24.1 Å². The lowest BCUT2D eigenvalue weighted by atomic mass is 9.98. The molecule has 138 valence electrons. The van der Waals surface area contributed by atoms with Gasteiger partial charge < -0.3 is 4.90 Å². The highest BCUT2D eigenvalue weighted by Crippen LogP contribution is 2.27. The molecular weight excluding hydrogens is 317 g/mol. The molecule has 0 bridgehead atoms. The average molecular weight is 347 g/mol. The van der Waals surface area contributed by atoms with E-state index >= 15 is 0 Å². The highest BCUT2D eigenvalue weighted by Gasteiger charge is 2.22. The first kappa shape index (κ1) is 18.3. The van der Waals surface area contributed by atoms with Crippen LogP contribution in [0.1, 0.15) is 51.4 Å². The third kappa shape index (κ3) is 5.50. The van der Waals surface area contributed by atoms with Gasteiger partial charge in [-0.15, -0.1) is 0 Å². The van der Waals surface area contributed by atoms with Gasteiger partial charge in [0.2, 0.25) is 5.95 Å². The molecular formula is C20H30FN3O. The fourth-order valence-electron chi connectivity index (χ4n) is 4.04. The number of hydrogen-bond acceptors (Lipinski definition) is 4. The fraction of sp³-hybridized carbons (Fsp3) is 0.700. The molecule has 0 unspecified atom stereocenters. The Morgan fingerprint density at radius 1 is 1.08 bits per heavy atom. The molecule has 2 heterocycles. The molecule has 0 atom stereocenters. The van der Waals surface area contributed by atoms with Crippen LogP contribution in [-0.4, -0.2) is 48.4 Å². The molecule has 3 rings (SSSR count). The third-order valence-electron chi connectivity index (χ3n) is 5.60. The number of pyridine rings is 1. The van der Waals surface area contributed by atoms with Crippen LogP contribution in [0.2, 0.25) is 0 Å². The van der Waals surface area contributed by atoms with Crippen molar-refractivity contribution in [1.29, 1.82) is 0 Å². The molecule has 1 aromatic heterocycles. The summed E-state index contributed by atoms with van der Waals surface area (Å²) in [5, 5.41) is 0. The Morgan fingerprint density at radius 2 is 1.84 bits per heavy atom. The molecule has 0 aromatic carbocycles. The number of hydrogen-bond donors (Lipinski definition) is 0. The Bertz CT molecular complexity index is 552. The van der Waals surface area contributed by atoms with Crippen LogP contribution in [0.4, 0.5) is 10.2 Å². The highest BCUT2D eigenvalue weighted by molar-refractivity contribution is 5.81. The largest absolute Gasteiger partial charge is 0.354 e. The first-order chi connectivity index (χ1) is 12.2. The van der Waals surface area contributed by atoms with Gasteiger partial charge in [-0.3, -0.25) is 9.69 Å². The third-order valence-corrected chi connectivity index (χ3v) is 5.60. The Balaban J connectivity index is 1.27. The predicted molar refractivity (Wildman–Crippen MR) is 98.3 cm³/mol. The smallest absolute Gasteiger partial charge is 0.214 e. The molecule has 5 heteroatoms. The van der Waals surface area contributed by atoms with Gasteiger partial charge in [0, 0.05) is 38.5 Å². The van der Waals surface area contributed by atoms with Crippen molar-refractivity contribution < 1.29 is 9.18 Å². The van der Waals surface area contributed by atoms with Crippen LogP contribution in [0, 0.1) is 11.9 Å². The number of Topliss-reactive ketones (excluding diaryl/α,β-unsaturated/α-hetero) is 1. The first-order valence-corrected chi connectivity index (χ1v) is 9.85. The SMILES string of the molecule is O=C(CCCCCN1CCN(c2cccc(F)n2)CC1)C1CCCC1. The van der Waals surface area contributed by atoms with E-state index in [1.54, 1.807) is 6.07 Å². The number of aromatic nitrogens is 1. The van der Waals surface area contributed by atoms with E-state index in [0.29, 0.717) is 11.7 Å². The fourth-order valence-corrected chi connectivity index (χ4v) is 4.04. The molecule has 0 amide bonds. The minimum atomic E-state index is -0.410. The van der Waals surface area contributed by atoms with Gasteiger partial charge >= 0.3 is 0 Å². The molecule has 0 spiro atoms. The number of rotatable bonds is 8. The van der Waals surface area contributed by atoms with Crippen LogP contribution in [0.5, 0.6) is 0 Å². The van der Waals surface area contributed by atoms with Gasteiger partial charge in [-0.25, -0.2) is 4.98 Å². The van der Waals surface area contributed by atoms with E-state index < -0.39 is 5.95 Å². The molecule has 4 nitrogen and oxygen atoms in total. The van der Waals surface area contributed by atoms with E-state index in [0.717, 1.165) is 77.1 Å². The maximum absolute atomic E-state index is 13.2. The summed E-state index contributed by atoms with van der Waals surface area (Å²) in [4.78, 5) is 20.6. The molecule has 2 aliphatic rings. The van der Waals surface area contributed by atoms with Crippen LogP contribution in [-0.2, 0) is 4.79 Å². The quantitative estimate of drug-likeness (QED) is 0.531. The number of carbonyl (C=O) groups excluding carboxylic acids is 1. The van der Waals surface area contributed by atoms with Gasteiger partial charge in [0.15, 0.2) is 0 Å². The lowest BCUT2D eigenvalue weighted by Gasteiger charge is -2.35. The van der Waals surface area contributed by atoms with Crippen molar-refractivity contribution in [2.24, 2.45) is 5.92 Å². The molecule has 2 fully saturated rings. The van der Waals surface area contributed by atoms with E-state index in [-0.39, 0.29) is 0 Å². The van der Waals surface area contributed by atoms with Crippen LogP contribution in [0.3, 0.4) is 0 Å². The summed E-state index contributed by atoms with van der Waals surface area (Å²) in [5.41, 5.74) is 0. The molecule has 25 heavy (non-hydrogen) atoms. The van der Waals surface area contributed by atoms with Gasteiger partial charge in [-0.05, 0) is 44.4 Å². The number of nitrogens with zero attached hydrogens (tertiary/aromatic N) is 3. The van der Waals surface area contributed by atoms with Crippen LogP contribution < -0.4 is 4.90 Å². The molecule has 1 saturated carbocycles. The minimum absolute atomic E-state index is 0.379. The van der Waals surface area contributed by atoms with Gasteiger partial charge in [-0.1, -0.05) is 25.3 Å². The van der Waals surface area contributed by atoms with Gasteiger partial charge in [-0.2, -0.15) is 4.39 Å². The van der Waals surface area contributed by atoms with Crippen molar-refractivity contribution in [2.75, 3.05) is 37.6 Å². The van der Waals surface area contributed by atoms with Gasteiger partial charge in [0.25, 0.3) is 0 Å². The number of carbonyl (C=O) groups is 1. The minimum Gasteiger partial charge on any atom is -0.354 e. The summed E-state index contributed by atoms with van der Waals surface area (Å²) in [6, 6.07) is 4.98. The first-order valence-electron chi connectivity index (χ1n) is 9.85. The Morgan fingerprint density at radius 3 is 2.56 bits per heavy atom. The Hall–Kier alpha value is -1.49. The van der Waals surface area contributed by atoms with E-state index in [4.69, 9.17) is 0 Å². The standard InChI is InChI=1S/C20H30FN3O/c21-19-10-6-11-20(22-19)24-15-13-23(14-16-24)12-5-1-2-9-18(25)17-7-3-4-8-17/h6,10-11,17H,1-5,7-9,12-16H2. The zero-order valence-corrected chi connectivity index (χ0v) is 15.1. The average Bonchev–Trinajstić information content (AvgIpc) is 3.17. The summed E-state index contributed by atoms with van der Waals surface area (Å²) < 4.78 is 13.2. The molecule has 0 N–H and O–H groups in total. The van der Waals surface area contributed by atoms with E-state index in [1.165, 1.54) is 18.9 Å². The normalized spacial score (nSPS) is 19.5. The Labute approximate surface area is 150 Å². The molecule has 1 aromatic rings. The second-order valence-electron chi connectivity index (χ2n) is 7.41. The highest BCUT2D eigenvalue weighted by atomic mass is 19.1. The summed E-state index contributed by atoms with van der Waals surface area (Å²) in [5.74, 6) is 1.22. The number of unbranched alkanes of at least 4 members (excludes halogenated alkanes) is 2. The summed E-state index contributed by atoms with van der Waals surface area (Å²) in [6.45, 7) is 4.90. The Kier molecular flexibility index (Phi) is 6.79. The number of ketones is 1. The van der Waals surface area contributed by atoms with Crippen LogP contribution in [0.15, 0.2) is 18.2 Å². The van der Waals surface area contributed by atoms with Crippen molar-refractivity contribution in [3.63, 3.8) is 0 Å². The number of halogens is 1. The zero-order chi connectivity index (χ0) is 17.5. The van der Waals surface area contributed by atoms with Crippen molar-refractivity contribution in [2.45, 2.75) is 51.4 Å². The van der Waals surface area contributed by atoms with Gasteiger partial charge in [0.1, 0.15) is 11.6 Å². The van der Waals surface area contributed by atoms with E-state index in [2.05, 4.69) is 14.8 Å².